The van der Waals surface area contributed by atoms with Gasteiger partial charge in [-0.05, 0) is 34.8 Å². The van der Waals surface area contributed by atoms with Crippen molar-refractivity contribution in [2.45, 2.75) is 31.4 Å². The summed E-state index contributed by atoms with van der Waals surface area (Å²) in [5.74, 6) is 2.06. The lowest BCUT2D eigenvalue weighted by Crippen LogP contribution is -2.35. The monoisotopic (exact) mass is 368 g/mol. The molecule has 0 spiro atoms. The fourth-order valence-electron chi connectivity index (χ4n) is 3.02. The average molecular weight is 369 g/mol. The summed E-state index contributed by atoms with van der Waals surface area (Å²) < 4.78 is 11.8. The molecule has 0 radical (unpaired) electrons. The molecule has 3 atom stereocenters. The minimum absolute atomic E-state index is 0.149. The molecule has 2 N–H and O–H groups in total. The van der Waals surface area contributed by atoms with E-state index in [1.165, 1.54) is 0 Å². The van der Waals surface area contributed by atoms with Crippen LogP contribution in [-0.2, 0) is 9.47 Å². The van der Waals surface area contributed by atoms with E-state index in [2.05, 4.69) is 37.8 Å². The van der Waals surface area contributed by atoms with Crippen LogP contribution in [0, 0.1) is 5.92 Å². The number of hydrazine groups is 1. The molecule has 0 fully saturated rings. The number of hydrogen-bond donors (Lipinski definition) is 2. The molecule has 120 valence electrons. The van der Waals surface area contributed by atoms with Crippen molar-refractivity contribution in [1.82, 2.24) is 10.9 Å². The summed E-state index contributed by atoms with van der Waals surface area (Å²) in [4.78, 5) is 9.20. The minimum atomic E-state index is 0.149. The summed E-state index contributed by atoms with van der Waals surface area (Å²) in [6.07, 6.45) is 7.02. The van der Waals surface area contributed by atoms with Crippen molar-refractivity contribution in [3.63, 3.8) is 0 Å². The van der Waals surface area contributed by atoms with Crippen LogP contribution in [0.15, 0.2) is 32.0 Å². The maximum Gasteiger partial charge on any atom is 0.154 e. The molecule has 3 aliphatic rings. The summed E-state index contributed by atoms with van der Waals surface area (Å²) >= 11 is 3.53. The van der Waals surface area contributed by atoms with Crippen molar-refractivity contribution in [1.29, 1.82) is 0 Å². The Hall–Kier alpha value is -1.18. The maximum absolute atomic E-state index is 5.51. The van der Waals surface area contributed by atoms with Gasteiger partial charge in [0.25, 0.3) is 0 Å². The molecule has 0 aromatic heterocycles. The highest BCUT2D eigenvalue weighted by Crippen LogP contribution is 2.29. The van der Waals surface area contributed by atoms with Crippen LogP contribution in [0.5, 0.6) is 0 Å². The maximum atomic E-state index is 5.51. The van der Waals surface area contributed by atoms with Gasteiger partial charge < -0.3 is 14.9 Å². The standard InChI is InChI=1S/C15H21BrN4O2/c1-21-10-4-3-9(12(7-10)22-2)8-18-15-13-11(5-6-17-15)19-20-14(13)16/h6-7,9-11,19-20H,3-5,8H2,1-2H3. The molecule has 2 heterocycles. The van der Waals surface area contributed by atoms with Crippen molar-refractivity contribution in [2.75, 3.05) is 20.8 Å². The normalized spacial score (nSPS) is 32.8. The Bertz CT molecular complexity index is 556. The van der Waals surface area contributed by atoms with Gasteiger partial charge in [0.15, 0.2) is 5.84 Å². The third kappa shape index (κ3) is 3.11. The summed E-state index contributed by atoms with van der Waals surface area (Å²) in [5.41, 5.74) is 7.42. The highest BCUT2D eigenvalue weighted by Gasteiger charge is 2.30. The average Bonchev–Trinajstić information content (AvgIpc) is 2.94. The van der Waals surface area contributed by atoms with Gasteiger partial charge in [-0.15, -0.1) is 0 Å². The Kier molecular flexibility index (Phi) is 4.95. The Balaban J connectivity index is 1.75. The van der Waals surface area contributed by atoms with Crippen molar-refractivity contribution in [2.24, 2.45) is 15.9 Å². The molecule has 3 unspecified atom stereocenters. The second kappa shape index (κ2) is 6.93. The number of nitrogens with one attached hydrogen (secondary N) is 2. The van der Waals surface area contributed by atoms with Crippen LogP contribution in [0.4, 0.5) is 0 Å². The number of rotatable bonds is 4. The van der Waals surface area contributed by atoms with Gasteiger partial charge in [0.2, 0.25) is 0 Å². The minimum Gasteiger partial charge on any atom is -0.501 e. The zero-order valence-corrected chi connectivity index (χ0v) is 14.4. The largest absolute Gasteiger partial charge is 0.501 e. The van der Waals surface area contributed by atoms with E-state index in [0.717, 1.165) is 41.0 Å². The van der Waals surface area contributed by atoms with Crippen molar-refractivity contribution in [3.05, 3.63) is 22.0 Å². The third-order valence-corrected chi connectivity index (χ3v) is 4.91. The molecular weight excluding hydrogens is 348 g/mol. The van der Waals surface area contributed by atoms with Gasteiger partial charge in [0, 0.05) is 31.2 Å². The molecule has 22 heavy (non-hydrogen) atoms. The molecule has 0 amide bonds. The van der Waals surface area contributed by atoms with Crippen LogP contribution >= 0.6 is 15.9 Å². The van der Waals surface area contributed by atoms with E-state index in [0.29, 0.717) is 12.5 Å². The topological polar surface area (TPSA) is 67.2 Å². The van der Waals surface area contributed by atoms with Gasteiger partial charge in [0.05, 0.1) is 31.6 Å². The zero-order chi connectivity index (χ0) is 15.5. The fraction of sp³-hybridized carbons (Fsp3) is 0.600. The molecule has 0 bridgehead atoms. The Morgan fingerprint density at radius 2 is 2.27 bits per heavy atom. The smallest absolute Gasteiger partial charge is 0.154 e. The number of fused-ring (bicyclic) bond motifs is 1. The number of hydrogen-bond acceptors (Lipinski definition) is 5. The van der Waals surface area contributed by atoms with Gasteiger partial charge in [-0.3, -0.25) is 4.99 Å². The number of aliphatic imine (C=N–C) groups is 2. The summed E-state index contributed by atoms with van der Waals surface area (Å²) in [6.45, 7) is 0.680. The van der Waals surface area contributed by atoms with Crippen molar-refractivity contribution in [3.8, 4) is 0 Å². The predicted octanol–water partition coefficient (Wildman–Crippen LogP) is 1.90. The Labute approximate surface area is 138 Å². The number of ether oxygens (including phenoxy) is 2. The molecular formula is C15H21BrN4O2. The SMILES string of the molecule is COC1=CC(OC)CCC1CN=C1N=CCC2NNC(Br)=C12. The van der Waals surface area contributed by atoms with Gasteiger partial charge >= 0.3 is 0 Å². The first-order chi connectivity index (χ1) is 10.7. The highest BCUT2D eigenvalue weighted by molar-refractivity contribution is 9.11. The predicted molar refractivity (Wildman–Crippen MR) is 90.0 cm³/mol. The Morgan fingerprint density at radius 1 is 1.41 bits per heavy atom. The summed E-state index contributed by atoms with van der Waals surface area (Å²) in [6, 6.07) is 0.243. The lowest BCUT2D eigenvalue weighted by Gasteiger charge is -2.26. The number of nitrogens with zero attached hydrogens (tertiary/aromatic N) is 2. The van der Waals surface area contributed by atoms with Crippen molar-refractivity contribution < 1.29 is 9.47 Å². The molecule has 0 aromatic carbocycles. The highest BCUT2D eigenvalue weighted by atomic mass is 79.9. The molecule has 1 aliphatic carbocycles. The van der Waals surface area contributed by atoms with Gasteiger partial charge in [0.1, 0.15) is 4.61 Å². The quantitative estimate of drug-likeness (QED) is 0.743. The zero-order valence-electron chi connectivity index (χ0n) is 12.8. The third-order valence-electron chi connectivity index (χ3n) is 4.29. The number of halogens is 1. The fourth-order valence-corrected chi connectivity index (χ4v) is 3.59. The molecule has 0 saturated heterocycles. The van der Waals surface area contributed by atoms with Crippen LogP contribution in [0.25, 0.3) is 0 Å². The van der Waals surface area contributed by atoms with Crippen LogP contribution in [0.3, 0.4) is 0 Å². The van der Waals surface area contributed by atoms with E-state index >= 15 is 0 Å². The first-order valence-corrected chi connectivity index (χ1v) is 8.29. The van der Waals surface area contributed by atoms with E-state index < -0.39 is 0 Å². The molecule has 6 nitrogen and oxygen atoms in total. The molecule has 7 heteroatoms. The van der Waals surface area contributed by atoms with Crippen LogP contribution in [-0.4, -0.2) is 45.0 Å². The van der Waals surface area contributed by atoms with E-state index in [4.69, 9.17) is 14.5 Å². The van der Waals surface area contributed by atoms with Gasteiger partial charge in [-0.1, -0.05) is 0 Å². The van der Waals surface area contributed by atoms with E-state index in [9.17, 15) is 0 Å². The molecule has 3 rings (SSSR count). The molecule has 0 saturated carbocycles. The van der Waals surface area contributed by atoms with Gasteiger partial charge in [-0.2, -0.15) is 0 Å². The van der Waals surface area contributed by atoms with Crippen LogP contribution in [0.1, 0.15) is 19.3 Å². The molecule has 0 aromatic rings. The van der Waals surface area contributed by atoms with Crippen molar-refractivity contribution >= 4 is 28.0 Å². The van der Waals surface area contributed by atoms with Crippen LogP contribution in [0.2, 0.25) is 0 Å². The lowest BCUT2D eigenvalue weighted by molar-refractivity contribution is 0.103. The van der Waals surface area contributed by atoms with E-state index in [1.54, 1.807) is 14.2 Å². The Morgan fingerprint density at radius 3 is 3.05 bits per heavy atom. The van der Waals surface area contributed by atoms with E-state index in [-0.39, 0.29) is 12.1 Å². The molecule has 2 aliphatic heterocycles. The first-order valence-electron chi connectivity index (χ1n) is 7.50. The second-order valence-electron chi connectivity index (χ2n) is 5.58. The first kappa shape index (κ1) is 15.7. The van der Waals surface area contributed by atoms with E-state index in [1.807, 2.05) is 6.21 Å². The number of amidine groups is 1. The number of methoxy groups -OCH3 is 2. The van der Waals surface area contributed by atoms with Gasteiger partial charge in [-0.25, -0.2) is 10.4 Å². The summed E-state index contributed by atoms with van der Waals surface area (Å²) in [7, 11) is 3.44. The second-order valence-corrected chi connectivity index (χ2v) is 6.38. The lowest BCUT2D eigenvalue weighted by atomic mass is 9.92. The van der Waals surface area contributed by atoms with Crippen LogP contribution < -0.4 is 10.9 Å². The summed E-state index contributed by atoms with van der Waals surface area (Å²) in [5, 5.41) is 0.